The smallest absolute Gasteiger partial charge is 0.166 e. The second-order valence-electron chi connectivity index (χ2n) is 7.50. The molecule has 3 heterocycles. The Balaban J connectivity index is 1.59. The lowest BCUT2D eigenvalue weighted by atomic mass is 10.1. The van der Waals surface area contributed by atoms with Gasteiger partial charge in [0, 0.05) is 24.1 Å². The van der Waals surface area contributed by atoms with Gasteiger partial charge in [0.05, 0.1) is 17.9 Å². The number of halogens is 1. The molecule has 0 radical (unpaired) electrons. The second-order valence-corrected chi connectivity index (χ2v) is 7.93. The highest BCUT2D eigenvalue weighted by molar-refractivity contribution is 6.31. The number of hydrogen-bond donors (Lipinski definition) is 0. The van der Waals surface area contributed by atoms with Crippen LogP contribution in [0.1, 0.15) is 28.3 Å². The molecule has 31 heavy (non-hydrogen) atoms. The van der Waals surface area contributed by atoms with Gasteiger partial charge in [0.2, 0.25) is 0 Å². The standard InChI is InChI=1S/C24H20ClN5O/c1-16-5-3-6-17(11-16)7-4-8-20-22-13-29-23(14-31-2)27-28-24(29)19-12-18(25)9-10-21(19)30(22)15-26-20/h3,5-6,9-12,15H,7,13-14H2,1-2H3. The number of methoxy groups -OCH3 is 1. The average Bonchev–Trinajstić information content (AvgIpc) is 3.30. The normalized spacial score (nSPS) is 11.7. The largest absolute Gasteiger partial charge is 0.377 e. The van der Waals surface area contributed by atoms with Crippen LogP contribution in [0.4, 0.5) is 0 Å². The van der Waals surface area contributed by atoms with Crippen molar-refractivity contribution in [3.63, 3.8) is 0 Å². The van der Waals surface area contributed by atoms with E-state index in [-0.39, 0.29) is 0 Å². The minimum absolute atomic E-state index is 0.366. The lowest BCUT2D eigenvalue weighted by Gasteiger charge is -2.08. The SMILES string of the molecule is COCc1nnc2n1Cc1c(C#CCc3cccc(C)c3)ncn1-c1ccc(Cl)cc1-2. The van der Waals surface area contributed by atoms with Gasteiger partial charge in [-0.2, -0.15) is 0 Å². The molecule has 0 unspecified atom stereocenters. The molecule has 154 valence electrons. The number of ether oxygens (including phenoxy) is 1. The summed E-state index contributed by atoms with van der Waals surface area (Å²) in [7, 11) is 1.65. The minimum atomic E-state index is 0.366. The summed E-state index contributed by atoms with van der Waals surface area (Å²) < 4.78 is 9.44. The van der Waals surface area contributed by atoms with Crippen LogP contribution in [0.2, 0.25) is 5.02 Å². The molecule has 2 aromatic carbocycles. The fourth-order valence-corrected chi connectivity index (χ4v) is 4.04. The molecule has 2 aromatic heterocycles. The Hall–Kier alpha value is -3.40. The van der Waals surface area contributed by atoms with Gasteiger partial charge in [0.15, 0.2) is 11.6 Å². The second kappa shape index (κ2) is 8.03. The Labute approximate surface area is 185 Å². The van der Waals surface area contributed by atoms with Crippen LogP contribution in [0.3, 0.4) is 0 Å². The summed E-state index contributed by atoms with van der Waals surface area (Å²) in [5, 5.41) is 9.40. The van der Waals surface area contributed by atoms with Crippen LogP contribution in [0.15, 0.2) is 48.8 Å². The van der Waals surface area contributed by atoms with Crippen LogP contribution < -0.4 is 0 Å². The first-order valence-electron chi connectivity index (χ1n) is 9.96. The van der Waals surface area contributed by atoms with E-state index in [4.69, 9.17) is 16.3 Å². The Morgan fingerprint density at radius 2 is 2.06 bits per heavy atom. The van der Waals surface area contributed by atoms with Crippen molar-refractivity contribution in [3.05, 3.63) is 82.2 Å². The maximum atomic E-state index is 6.31. The Bertz CT molecular complexity index is 1340. The molecule has 4 aromatic rings. The Morgan fingerprint density at radius 3 is 2.90 bits per heavy atom. The topological polar surface area (TPSA) is 57.8 Å². The van der Waals surface area contributed by atoms with Crippen LogP contribution >= 0.6 is 11.6 Å². The molecule has 0 saturated carbocycles. The molecule has 0 fully saturated rings. The fourth-order valence-electron chi connectivity index (χ4n) is 3.87. The highest BCUT2D eigenvalue weighted by atomic mass is 35.5. The van der Waals surface area contributed by atoms with E-state index in [1.807, 2.05) is 29.1 Å². The summed E-state index contributed by atoms with van der Waals surface area (Å²) in [6, 6.07) is 14.2. The summed E-state index contributed by atoms with van der Waals surface area (Å²) in [6.45, 7) is 3.00. The quantitative estimate of drug-likeness (QED) is 0.403. The lowest BCUT2D eigenvalue weighted by Crippen LogP contribution is -2.09. The molecule has 0 bridgehead atoms. The van der Waals surface area contributed by atoms with Gasteiger partial charge >= 0.3 is 0 Å². The lowest BCUT2D eigenvalue weighted by molar-refractivity contribution is 0.174. The average molecular weight is 430 g/mol. The van der Waals surface area contributed by atoms with E-state index in [0.29, 0.717) is 24.6 Å². The predicted molar refractivity (Wildman–Crippen MR) is 119 cm³/mol. The molecule has 0 aliphatic carbocycles. The van der Waals surface area contributed by atoms with Crippen LogP contribution in [0.5, 0.6) is 0 Å². The summed E-state index contributed by atoms with van der Waals surface area (Å²) in [5.41, 5.74) is 6.01. The van der Waals surface area contributed by atoms with Gasteiger partial charge < -0.3 is 9.30 Å². The van der Waals surface area contributed by atoms with Crippen molar-refractivity contribution in [2.75, 3.05) is 7.11 Å². The third-order valence-electron chi connectivity index (χ3n) is 5.32. The van der Waals surface area contributed by atoms with Crippen molar-refractivity contribution in [2.24, 2.45) is 0 Å². The van der Waals surface area contributed by atoms with Crippen molar-refractivity contribution >= 4 is 11.6 Å². The highest BCUT2D eigenvalue weighted by Gasteiger charge is 2.25. The maximum absolute atomic E-state index is 6.31. The molecular formula is C24H20ClN5O. The first kappa shape index (κ1) is 19.6. The van der Waals surface area contributed by atoms with Crippen molar-refractivity contribution in [2.45, 2.75) is 26.5 Å². The van der Waals surface area contributed by atoms with Crippen molar-refractivity contribution in [1.82, 2.24) is 24.3 Å². The molecule has 1 aliphatic rings. The molecule has 0 N–H and O–H groups in total. The summed E-state index contributed by atoms with van der Waals surface area (Å²) in [4.78, 5) is 4.61. The number of nitrogens with zero attached hydrogens (tertiary/aromatic N) is 5. The zero-order valence-corrected chi connectivity index (χ0v) is 18.0. The van der Waals surface area contributed by atoms with E-state index >= 15 is 0 Å². The van der Waals surface area contributed by atoms with E-state index in [1.54, 1.807) is 7.11 Å². The van der Waals surface area contributed by atoms with Gasteiger partial charge in [-0.3, -0.25) is 4.57 Å². The molecule has 0 saturated heterocycles. The summed E-state index contributed by atoms with van der Waals surface area (Å²) >= 11 is 6.31. The van der Waals surface area contributed by atoms with Gasteiger partial charge in [-0.1, -0.05) is 47.4 Å². The van der Waals surface area contributed by atoms with Crippen LogP contribution in [0.25, 0.3) is 17.1 Å². The molecule has 1 aliphatic heterocycles. The van der Waals surface area contributed by atoms with Crippen molar-refractivity contribution < 1.29 is 4.74 Å². The van der Waals surface area contributed by atoms with Crippen LogP contribution in [-0.2, 0) is 24.3 Å². The predicted octanol–water partition coefficient (Wildman–Crippen LogP) is 4.19. The Morgan fingerprint density at radius 1 is 1.16 bits per heavy atom. The number of imidazole rings is 1. The molecule has 7 heteroatoms. The van der Waals surface area contributed by atoms with E-state index in [9.17, 15) is 0 Å². The van der Waals surface area contributed by atoms with Gasteiger partial charge in [0.1, 0.15) is 18.6 Å². The number of aryl methyl sites for hydroxylation is 1. The van der Waals surface area contributed by atoms with Crippen molar-refractivity contribution in [3.8, 4) is 28.9 Å². The third kappa shape index (κ3) is 3.63. The first-order chi connectivity index (χ1) is 15.1. The number of benzene rings is 2. The number of rotatable bonds is 3. The number of aromatic nitrogens is 5. The zero-order valence-electron chi connectivity index (χ0n) is 17.3. The monoisotopic (exact) mass is 429 g/mol. The highest BCUT2D eigenvalue weighted by Crippen LogP contribution is 2.34. The zero-order chi connectivity index (χ0) is 21.4. The van der Waals surface area contributed by atoms with E-state index < -0.39 is 0 Å². The van der Waals surface area contributed by atoms with E-state index in [2.05, 4.69) is 62.8 Å². The van der Waals surface area contributed by atoms with Crippen molar-refractivity contribution in [1.29, 1.82) is 0 Å². The van der Waals surface area contributed by atoms with E-state index in [1.165, 1.54) is 11.1 Å². The summed E-state index contributed by atoms with van der Waals surface area (Å²) in [5.74, 6) is 8.06. The molecule has 6 nitrogen and oxygen atoms in total. The first-order valence-corrected chi connectivity index (χ1v) is 10.3. The van der Waals surface area contributed by atoms with Crippen LogP contribution in [0, 0.1) is 18.8 Å². The summed E-state index contributed by atoms with van der Waals surface area (Å²) in [6.07, 6.45) is 2.49. The van der Waals surface area contributed by atoms with E-state index in [0.717, 1.165) is 34.3 Å². The third-order valence-corrected chi connectivity index (χ3v) is 5.55. The molecule has 0 spiro atoms. The minimum Gasteiger partial charge on any atom is -0.377 e. The maximum Gasteiger partial charge on any atom is 0.166 e. The van der Waals surface area contributed by atoms with Gasteiger partial charge in [-0.15, -0.1) is 10.2 Å². The molecule has 5 rings (SSSR count). The molecule has 0 atom stereocenters. The Kier molecular flexibility index (Phi) is 5.06. The van der Waals surface area contributed by atoms with Crippen LogP contribution in [-0.4, -0.2) is 31.4 Å². The fraction of sp³-hybridized carbons (Fsp3) is 0.208. The van der Waals surface area contributed by atoms with Gasteiger partial charge in [-0.25, -0.2) is 4.98 Å². The van der Waals surface area contributed by atoms with Gasteiger partial charge in [0.25, 0.3) is 0 Å². The molecular weight excluding hydrogens is 410 g/mol. The molecule has 0 amide bonds. The van der Waals surface area contributed by atoms with Gasteiger partial charge in [-0.05, 0) is 36.6 Å². The number of fused-ring (bicyclic) bond motifs is 5. The number of hydrogen-bond acceptors (Lipinski definition) is 4.